The molecule has 1 amide bonds. The lowest BCUT2D eigenvalue weighted by molar-refractivity contribution is -0.117. The smallest absolute Gasteiger partial charge is 0.247 e. The summed E-state index contributed by atoms with van der Waals surface area (Å²) in [5.41, 5.74) is 2.64. The number of hydrogen-bond donors (Lipinski definition) is 2. The van der Waals surface area contributed by atoms with Gasteiger partial charge < -0.3 is 5.32 Å². The molecule has 0 atom stereocenters. The quantitative estimate of drug-likeness (QED) is 0.745. The van der Waals surface area contributed by atoms with E-state index in [1.165, 1.54) is 12.1 Å². The highest BCUT2D eigenvalue weighted by Gasteiger charge is 2.08. The lowest BCUT2D eigenvalue weighted by Gasteiger charge is -2.08. The van der Waals surface area contributed by atoms with Crippen LogP contribution < -0.4 is 10.5 Å². The van der Waals surface area contributed by atoms with Crippen LogP contribution in [0.3, 0.4) is 0 Å². The van der Waals surface area contributed by atoms with Crippen LogP contribution >= 0.6 is 0 Å². The van der Waals surface area contributed by atoms with Gasteiger partial charge in [-0.05, 0) is 42.2 Å². The molecule has 0 saturated carbocycles. The average Bonchev–Trinajstić information content (AvgIpc) is 2.60. The van der Waals surface area contributed by atoms with Crippen molar-refractivity contribution in [2.75, 3.05) is 6.54 Å². The van der Waals surface area contributed by atoms with Gasteiger partial charge in [-0.25, -0.2) is 13.6 Å². The lowest BCUT2D eigenvalue weighted by atomic mass is 10.1. The molecule has 25 heavy (non-hydrogen) atoms. The van der Waals surface area contributed by atoms with Gasteiger partial charge in [0.15, 0.2) is 0 Å². The van der Waals surface area contributed by atoms with Crippen molar-refractivity contribution < 1.29 is 13.2 Å². The van der Waals surface area contributed by atoms with E-state index in [4.69, 9.17) is 5.14 Å². The van der Waals surface area contributed by atoms with Crippen LogP contribution in [0.1, 0.15) is 24.5 Å². The van der Waals surface area contributed by atoms with E-state index in [9.17, 15) is 13.2 Å². The number of rotatable bonds is 7. The third kappa shape index (κ3) is 5.85. The Kier molecular flexibility index (Phi) is 6.50. The molecule has 2 aromatic carbocycles. The molecular formula is C19H22N2O3S. The van der Waals surface area contributed by atoms with E-state index in [1.54, 1.807) is 12.1 Å². The topological polar surface area (TPSA) is 89.3 Å². The van der Waals surface area contributed by atoms with Crippen molar-refractivity contribution in [3.8, 4) is 0 Å². The summed E-state index contributed by atoms with van der Waals surface area (Å²) >= 11 is 0. The van der Waals surface area contributed by atoms with Gasteiger partial charge in [0.1, 0.15) is 0 Å². The Bertz CT molecular complexity index is 842. The first kappa shape index (κ1) is 18.9. The third-order valence-electron chi connectivity index (χ3n) is 3.76. The zero-order valence-corrected chi connectivity index (χ0v) is 14.9. The zero-order chi connectivity index (χ0) is 18.3. The maximum Gasteiger partial charge on any atom is 0.247 e. The number of sulfonamides is 1. The molecule has 6 heteroatoms. The molecule has 0 aliphatic heterocycles. The third-order valence-corrected chi connectivity index (χ3v) is 4.69. The zero-order valence-electron chi connectivity index (χ0n) is 14.1. The number of benzene rings is 2. The first-order chi connectivity index (χ1) is 11.9. The second-order valence-electron chi connectivity index (χ2n) is 5.63. The van der Waals surface area contributed by atoms with Gasteiger partial charge in [-0.3, -0.25) is 4.79 Å². The van der Waals surface area contributed by atoms with Crippen LogP contribution in [0.15, 0.2) is 65.1 Å². The van der Waals surface area contributed by atoms with Crippen LogP contribution in [0.4, 0.5) is 0 Å². The molecule has 0 saturated heterocycles. The molecular weight excluding hydrogens is 336 g/mol. The molecule has 0 aliphatic carbocycles. The summed E-state index contributed by atoms with van der Waals surface area (Å²) in [5, 5.41) is 7.96. The van der Waals surface area contributed by atoms with Gasteiger partial charge >= 0.3 is 0 Å². The van der Waals surface area contributed by atoms with Gasteiger partial charge in [-0.2, -0.15) is 0 Å². The Morgan fingerprint density at radius 1 is 1.08 bits per heavy atom. The van der Waals surface area contributed by atoms with Gasteiger partial charge in [0.25, 0.3) is 0 Å². The van der Waals surface area contributed by atoms with Gasteiger partial charge in [0, 0.05) is 12.1 Å². The first-order valence-corrected chi connectivity index (χ1v) is 9.60. The van der Waals surface area contributed by atoms with Crippen molar-refractivity contribution >= 4 is 22.0 Å². The molecule has 5 nitrogen and oxygen atoms in total. The Labute approximate surface area is 148 Å². The number of carbonyl (C=O) groups is 1. The fourth-order valence-corrected chi connectivity index (χ4v) is 2.87. The highest BCUT2D eigenvalue weighted by molar-refractivity contribution is 7.89. The second-order valence-corrected chi connectivity index (χ2v) is 7.19. The van der Waals surface area contributed by atoms with Crippen LogP contribution in [-0.2, 0) is 21.2 Å². The van der Waals surface area contributed by atoms with Crippen molar-refractivity contribution in [1.82, 2.24) is 5.32 Å². The van der Waals surface area contributed by atoms with Crippen molar-refractivity contribution in [2.45, 2.75) is 24.7 Å². The number of hydrogen-bond acceptors (Lipinski definition) is 3. The second kappa shape index (κ2) is 8.60. The van der Waals surface area contributed by atoms with E-state index in [1.807, 2.05) is 43.3 Å². The molecule has 2 aromatic rings. The van der Waals surface area contributed by atoms with E-state index < -0.39 is 10.0 Å². The summed E-state index contributed by atoms with van der Waals surface area (Å²) in [6.07, 6.45) is 3.14. The van der Waals surface area contributed by atoms with Crippen LogP contribution in [0.5, 0.6) is 0 Å². The van der Waals surface area contributed by atoms with Crippen LogP contribution in [0.25, 0.3) is 6.08 Å². The monoisotopic (exact) mass is 358 g/mol. The summed E-state index contributed by atoms with van der Waals surface area (Å²) in [4.78, 5) is 12.4. The van der Waals surface area contributed by atoms with Gasteiger partial charge in [-0.1, -0.05) is 49.4 Å². The minimum Gasteiger partial charge on any atom is -0.352 e. The molecule has 0 aliphatic rings. The molecule has 0 aromatic heterocycles. The molecule has 0 heterocycles. The predicted octanol–water partition coefficient (Wildman–Crippen LogP) is 2.49. The Morgan fingerprint density at radius 3 is 2.28 bits per heavy atom. The van der Waals surface area contributed by atoms with Crippen LogP contribution in [0, 0.1) is 0 Å². The molecule has 2 rings (SSSR count). The minimum atomic E-state index is -3.68. The summed E-state index contributed by atoms with van der Waals surface area (Å²) < 4.78 is 22.4. The van der Waals surface area contributed by atoms with E-state index >= 15 is 0 Å². The molecule has 0 fully saturated rings. The molecule has 3 N–H and O–H groups in total. The molecule has 132 valence electrons. The van der Waals surface area contributed by atoms with E-state index in [0.717, 1.165) is 16.7 Å². The maximum absolute atomic E-state index is 12.3. The standard InChI is InChI=1S/C19H22N2O3S/c1-2-17(14-16-6-4-3-5-7-16)19(22)21-13-12-15-8-10-18(11-9-15)25(20,23)24/h3-11,14H,2,12-13H2,1H3,(H,21,22)(H2,20,23,24)/b17-14+. The normalized spacial score (nSPS) is 12.0. The summed E-state index contributed by atoms with van der Waals surface area (Å²) in [6.45, 7) is 2.42. The number of amides is 1. The van der Waals surface area contributed by atoms with Gasteiger partial charge in [0.2, 0.25) is 15.9 Å². The van der Waals surface area contributed by atoms with E-state index in [0.29, 0.717) is 19.4 Å². The summed E-state index contributed by atoms with van der Waals surface area (Å²) in [5.74, 6) is -0.0903. The molecule has 0 spiro atoms. The van der Waals surface area contributed by atoms with Crippen LogP contribution in [-0.4, -0.2) is 20.9 Å². The van der Waals surface area contributed by atoms with E-state index in [-0.39, 0.29) is 10.8 Å². The fourth-order valence-electron chi connectivity index (χ4n) is 2.36. The van der Waals surface area contributed by atoms with Crippen molar-refractivity contribution in [3.63, 3.8) is 0 Å². The fraction of sp³-hybridized carbons (Fsp3) is 0.211. The van der Waals surface area contributed by atoms with E-state index in [2.05, 4.69) is 5.32 Å². The van der Waals surface area contributed by atoms with Gasteiger partial charge in [-0.15, -0.1) is 0 Å². The maximum atomic E-state index is 12.3. The highest BCUT2D eigenvalue weighted by Crippen LogP contribution is 2.11. The Hall–Kier alpha value is -2.44. The van der Waals surface area contributed by atoms with Crippen molar-refractivity contribution in [1.29, 1.82) is 0 Å². The number of carbonyl (C=O) groups excluding carboxylic acids is 1. The predicted molar refractivity (Wildman–Crippen MR) is 99.2 cm³/mol. The summed E-state index contributed by atoms with van der Waals surface area (Å²) in [6, 6.07) is 16.1. The first-order valence-electron chi connectivity index (χ1n) is 8.05. The number of nitrogens with two attached hydrogens (primary N) is 1. The number of nitrogens with one attached hydrogen (secondary N) is 1. The van der Waals surface area contributed by atoms with Crippen molar-refractivity contribution in [2.24, 2.45) is 5.14 Å². The number of primary sulfonamides is 1. The molecule has 0 unspecified atom stereocenters. The average molecular weight is 358 g/mol. The van der Waals surface area contributed by atoms with Crippen molar-refractivity contribution in [3.05, 3.63) is 71.3 Å². The SMILES string of the molecule is CC/C(=C\c1ccccc1)C(=O)NCCc1ccc(S(N)(=O)=O)cc1. The largest absolute Gasteiger partial charge is 0.352 e. The molecule has 0 radical (unpaired) electrons. The molecule has 0 bridgehead atoms. The van der Waals surface area contributed by atoms with Gasteiger partial charge in [0.05, 0.1) is 4.90 Å². The Balaban J connectivity index is 1.92. The highest BCUT2D eigenvalue weighted by atomic mass is 32.2. The van der Waals surface area contributed by atoms with Crippen LogP contribution in [0.2, 0.25) is 0 Å². The Morgan fingerprint density at radius 2 is 1.72 bits per heavy atom. The summed E-state index contributed by atoms with van der Waals surface area (Å²) in [7, 11) is -3.68. The minimum absolute atomic E-state index is 0.0827. The lowest BCUT2D eigenvalue weighted by Crippen LogP contribution is -2.27.